The molecule has 4 aromatic rings. The molecule has 34 heavy (non-hydrogen) atoms. The van der Waals surface area contributed by atoms with Gasteiger partial charge in [-0.05, 0) is 51.3 Å². The van der Waals surface area contributed by atoms with Crippen LogP contribution in [0.5, 0.6) is 5.75 Å². The van der Waals surface area contributed by atoms with E-state index < -0.39 is 0 Å². The minimum absolute atomic E-state index is 0.658. The van der Waals surface area contributed by atoms with E-state index >= 15 is 0 Å². The summed E-state index contributed by atoms with van der Waals surface area (Å²) in [7, 11) is 1.71. The zero-order valence-corrected chi connectivity index (χ0v) is 19.3. The Morgan fingerprint density at radius 3 is 2.59 bits per heavy atom. The SMILES string of the molecule is COc1ccccc1-c1cccc(-c2cc(N3CC(CN4CCOCC4)C3)c3nonc3c2)c1. The Bertz CT molecular complexity index is 1290. The van der Waals surface area contributed by atoms with E-state index in [2.05, 4.69) is 62.6 Å². The maximum Gasteiger partial charge on any atom is 0.158 e. The van der Waals surface area contributed by atoms with Crippen LogP contribution >= 0.6 is 0 Å². The molecule has 0 saturated carbocycles. The molecule has 3 heterocycles. The summed E-state index contributed by atoms with van der Waals surface area (Å²) in [5.74, 6) is 1.52. The summed E-state index contributed by atoms with van der Waals surface area (Å²) >= 11 is 0. The fourth-order valence-corrected chi connectivity index (χ4v) is 5.06. The molecule has 0 unspecified atom stereocenters. The van der Waals surface area contributed by atoms with E-state index in [0.717, 1.165) is 90.7 Å². The van der Waals surface area contributed by atoms with Gasteiger partial charge in [-0.2, -0.15) is 0 Å². The molecule has 0 spiro atoms. The van der Waals surface area contributed by atoms with Crippen molar-refractivity contribution in [2.24, 2.45) is 5.92 Å². The Hall–Kier alpha value is -3.42. The van der Waals surface area contributed by atoms with Gasteiger partial charge in [-0.1, -0.05) is 36.4 Å². The summed E-state index contributed by atoms with van der Waals surface area (Å²) in [6.07, 6.45) is 0. The third kappa shape index (κ3) is 4.02. The van der Waals surface area contributed by atoms with Gasteiger partial charge in [0.05, 0.1) is 26.0 Å². The number of hydrogen-bond donors (Lipinski definition) is 0. The van der Waals surface area contributed by atoms with Gasteiger partial charge in [-0.3, -0.25) is 4.90 Å². The highest BCUT2D eigenvalue weighted by Crippen LogP contribution is 2.37. The van der Waals surface area contributed by atoms with Crippen molar-refractivity contribution in [2.75, 3.05) is 57.9 Å². The molecule has 6 rings (SSSR count). The maximum atomic E-state index is 5.58. The number of methoxy groups -OCH3 is 1. The smallest absolute Gasteiger partial charge is 0.158 e. The van der Waals surface area contributed by atoms with Gasteiger partial charge < -0.3 is 14.4 Å². The molecule has 0 radical (unpaired) electrons. The van der Waals surface area contributed by atoms with E-state index in [9.17, 15) is 0 Å². The molecular weight excluding hydrogens is 428 g/mol. The molecule has 0 N–H and O–H groups in total. The number of hydrogen-bond acceptors (Lipinski definition) is 7. The minimum atomic E-state index is 0.658. The standard InChI is InChI=1S/C27H28N4O3/c1-32-26-8-3-2-7-23(26)21-6-4-5-20(13-21)22-14-24-27(29-34-28-24)25(15-22)31-17-19(18-31)16-30-9-11-33-12-10-30/h2-8,13-15,19H,9-12,16-18H2,1H3. The fraction of sp³-hybridized carbons (Fsp3) is 0.333. The second-order valence-corrected chi connectivity index (χ2v) is 9.09. The number of morpholine rings is 1. The van der Waals surface area contributed by atoms with Gasteiger partial charge in [-0.15, -0.1) is 0 Å². The Labute approximate surface area is 198 Å². The van der Waals surface area contributed by atoms with Gasteiger partial charge >= 0.3 is 0 Å². The predicted octanol–water partition coefficient (Wildman–Crippen LogP) is 4.33. The molecule has 3 aromatic carbocycles. The number of rotatable bonds is 6. The highest BCUT2D eigenvalue weighted by molar-refractivity contribution is 5.93. The highest BCUT2D eigenvalue weighted by atomic mass is 16.6. The summed E-state index contributed by atoms with van der Waals surface area (Å²) in [5.41, 5.74) is 7.12. The normalized spacial score (nSPS) is 17.1. The van der Waals surface area contributed by atoms with Crippen molar-refractivity contribution in [1.82, 2.24) is 15.2 Å². The summed E-state index contributed by atoms with van der Waals surface area (Å²) in [5, 5.41) is 8.39. The summed E-state index contributed by atoms with van der Waals surface area (Å²) in [6.45, 7) is 6.92. The molecular formula is C27H28N4O3. The van der Waals surface area contributed by atoms with Crippen LogP contribution in [0.25, 0.3) is 33.3 Å². The number of benzene rings is 3. The molecule has 174 valence electrons. The molecule has 0 aliphatic carbocycles. The third-order valence-corrected chi connectivity index (χ3v) is 6.87. The average Bonchev–Trinajstić information content (AvgIpc) is 3.35. The maximum absolute atomic E-state index is 5.58. The van der Waals surface area contributed by atoms with Crippen molar-refractivity contribution in [1.29, 1.82) is 0 Å². The third-order valence-electron chi connectivity index (χ3n) is 6.87. The van der Waals surface area contributed by atoms with E-state index in [1.165, 1.54) is 0 Å². The van der Waals surface area contributed by atoms with Crippen molar-refractivity contribution in [3.05, 3.63) is 60.7 Å². The average molecular weight is 457 g/mol. The second kappa shape index (κ2) is 9.08. The lowest BCUT2D eigenvalue weighted by molar-refractivity contribution is 0.0286. The largest absolute Gasteiger partial charge is 0.496 e. The Balaban J connectivity index is 1.28. The van der Waals surface area contributed by atoms with Crippen LogP contribution in [-0.2, 0) is 4.74 Å². The zero-order chi connectivity index (χ0) is 22.9. The Morgan fingerprint density at radius 2 is 1.74 bits per heavy atom. The topological polar surface area (TPSA) is 63.9 Å². The molecule has 1 aromatic heterocycles. The number of fused-ring (bicyclic) bond motifs is 1. The summed E-state index contributed by atoms with van der Waals surface area (Å²) in [6, 6.07) is 20.9. The number of anilines is 1. The van der Waals surface area contributed by atoms with Crippen molar-refractivity contribution in [3.63, 3.8) is 0 Å². The van der Waals surface area contributed by atoms with Crippen LogP contribution in [0.1, 0.15) is 0 Å². The number of aromatic nitrogens is 2. The van der Waals surface area contributed by atoms with Gasteiger partial charge in [0.15, 0.2) is 5.52 Å². The molecule has 2 aliphatic rings. The lowest BCUT2D eigenvalue weighted by Crippen LogP contribution is -2.53. The van der Waals surface area contributed by atoms with Crippen LogP contribution in [0.2, 0.25) is 0 Å². The van der Waals surface area contributed by atoms with E-state index in [-0.39, 0.29) is 0 Å². The highest BCUT2D eigenvalue weighted by Gasteiger charge is 2.31. The Kier molecular flexibility index (Phi) is 5.65. The molecule has 2 saturated heterocycles. The van der Waals surface area contributed by atoms with Crippen molar-refractivity contribution < 1.29 is 14.1 Å². The first-order chi connectivity index (χ1) is 16.8. The van der Waals surface area contributed by atoms with Gasteiger partial charge in [0.25, 0.3) is 0 Å². The predicted molar refractivity (Wildman–Crippen MR) is 132 cm³/mol. The molecule has 2 fully saturated rings. The molecule has 0 bridgehead atoms. The van der Waals surface area contributed by atoms with Crippen LogP contribution in [-0.4, -0.2) is 68.3 Å². The van der Waals surface area contributed by atoms with Gasteiger partial charge in [0.1, 0.15) is 11.3 Å². The van der Waals surface area contributed by atoms with Crippen LogP contribution < -0.4 is 9.64 Å². The summed E-state index contributed by atoms with van der Waals surface area (Å²) in [4.78, 5) is 4.91. The van der Waals surface area contributed by atoms with Crippen molar-refractivity contribution in [3.8, 4) is 28.0 Å². The monoisotopic (exact) mass is 456 g/mol. The zero-order valence-electron chi connectivity index (χ0n) is 19.3. The molecule has 7 heteroatoms. The Morgan fingerprint density at radius 1 is 0.912 bits per heavy atom. The minimum Gasteiger partial charge on any atom is -0.496 e. The first kappa shape index (κ1) is 21.1. The van der Waals surface area contributed by atoms with Crippen LogP contribution in [0.3, 0.4) is 0 Å². The van der Waals surface area contributed by atoms with Crippen LogP contribution in [0, 0.1) is 5.92 Å². The number of ether oxygens (including phenoxy) is 2. The van der Waals surface area contributed by atoms with E-state index in [4.69, 9.17) is 14.1 Å². The molecule has 0 amide bonds. The first-order valence-corrected chi connectivity index (χ1v) is 11.8. The van der Waals surface area contributed by atoms with Gasteiger partial charge in [-0.25, -0.2) is 4.63 Å². The van der Waals surface area contributed by atoms with E-state index in [1.54, 1.807) is 7.11 Å². The van der Waals surface area contributed by atoms with Crippen LogP contribution in [0.15, 0.2) is 65.3 Å². The van der Waals surface area contributed by atoms with Crippen LogP contribution in [0.4, 0.5) is 5.69 Å². The summed E-state index contributed by atoms with van der Waals surface area (Å²) < 4.78 is 16.2. The molecule has 7 nitrogen and oxygen atoms in total. The molecule has 0 atom stereocenters. The fourth-order valence-electron chi connectivity index (χ4n) is 5.06. The first-order valence-electron chi connectivity index (χ1n) is 11.8. The van der Waals surface area contributed by atoms with Gasteiger partial charge in [0, 0.05) is 44.2 Å². The number of para-hydroxylation sites is 1. The lowest BCUT2D eigenvalue weighted by Gasteiger charge is -2.43. The second-order valence-electron chi connectivity index (χ2n) is 9.09. The number of nitrogens with zero attached hydrogens (tertiary/aromatic N) is 4. The van der Waals surface area contributed by atoms with Gasteiger partial charge in [0.2, 0.25) is 0 Å². The van der Waals surface area contributed by atoms with Crippen molar-refractivity contribution in [2.45, 2.75) is 0 Å². The van der Waals surface area contributed by atoms with E-state index in [1.807, 2.05) is 18.2 Å². The van der Waals surface area contributed by atoms with Crippen molar-refractivity contribution >= 4 is 16.7 Å². The quantitative estimate of drug-likeness (QED) is 0.428. The lowest BCUT2D eigenvalue weighted by atomic mass is 9.95. The van der Waals surface area contributed by atoms with E-state index in [0.29, 0.717) is 5.92 Å². The molecule has 2 aliphatic heterocycles.